The summed E-state index contributed by atoms with van der Waals surface area (Å²) in [4.78, 5) is 0. The zero-order valence-corrected chi connectivity index (χ0v) is 7.29. The molecule has 0 unspecified atom stereocenters. The van der Waals surface area contributed by atoms with Crippen LogP contribution in [0.25, 0.3) is 0 Å². The summed E-state index contributed by atoms with van der Waals surface area (Å²) in [5.74, 6) is 0.210. The van der Waals surface area contributed by atoms with Gasteiger partial charge in [0.25, 0.3) is 0 Å². The average Bonchev–Trinajstić information content (AvgIpc) is 2.05. The third kappa shape index (κ3) is 2.38. The zero-order chi connectivity index (χ0) is 8.97. The average molecular weight is 162 g/mol. The summed E-state index contributed by atoms with van der Waals surface area (Å²) in [6.07, 6.45) is 0.0534. The Labute approximate surface area is 72.7 Å². The molecule has 0 aliphatic heterocycles. The molecule has 1 aromatic carbocycles. The Morgan fingerprint density at radius 2 is 2.33 bits per heavy atom. The largest absolute Gasteiger partial charge is 0.475 e. The van der Waals surface area contributed by atoms with Crippen molar-refractivity contribution in [3.05, 3.63) is 35.9 Å². The molecule has 0 saturated heterocycles. The van der Waals surface area contributed by atoms with E-state index in [0.29, 0.717) is 0 Å². The molecule has 0 aliphatic carbocycles. The molecule has 63 valence electrons. The van der Waals surface area contributed by atoms with E-state index in [1.165, 1.54) is 0 Å². The summed E-state index contributed by atoms with van der Waals surface area (Å²) in [6, 6.07) is 10.1. The van der Waals surface area contributed by atoms with Gasteiger partial charge in [-0.05, 0) is 32.0 Å². The van der Waals surface area contributed by atoms with Gasteiger partial charge in [-0.2, -0.15) is 0 Å². The van der Waals surface area contributed by atoms with Gasteiger partial charge in [0, 0.05) is 5.56 Å². The second-order valence-electron chi connectivity index (χ2n) is 2.79. The van der Waals surface area contributed by atoms with Crippen molar-refractivity contribution in [2.24, 2.45) is 0 Å². The molecule has 2 nitrogen and oxygen atoms in total. The quantitative estimate of drug-likeness (QED) is 0.525. The summed E-state index contributed by atoms with van der Waals surface area (Å²) in [6.45, 7) is 3.81. The summed E-state index contributed by atoms with van der Waals surface area (Å²) >= 11 is 0. The fourth-order valence-corrected chi connectivity index (χ4v) is 0.838. The van der Waals surface area contributed by atoms with E-state index < -0.39 is 0 Å². The monoisotopic (exact) mass is 162 g/mol. The summed E-state index contributed by atoms with van der Waals surface area (Å²) < 4.78 is 5.20. The van der Waals surface area contributed by atoms with Crippen molar-refractivity contribution in [1.82, 2.24) is 0 Å². The van der Waals surface area contributed by atoms with Gasteiger partial charge >= 0.3 is 0 Å². The van der Waals surface area contributed by atoms with Crippen molar-refractivity contribution >= 4 is 5.90 Å². The maximum absolute atomic E-state index is 7.52. The molecule has 0 aromatic heterocycles. The van der Waals surface area contributed by atoms with Crippen molar-refractivity contribution in [2.75, 3.05) is 0 Å². The lowest BCUT2D eigenvalue weighted by Gasteiger charge is -2.09. The fraction of sp³-hybridized carbons (Fsp3) is 0.300. The van der Waals surface area contributed by atoms with Crippen molar-refractivity contribution in [3.63, 3.8) is 0 Å². The Bertz CT molecular complexity index is 254. The lowest BCUT2D eigenvalue weighted by molar-refractivity contribution is 0.227. The number of nitrogens with one attached hydrogen (secondary N) is 1. The zero-order valence-electron chi connectivity index (χ0n) is 7.29. The predicted octanol–water partition coefficient (Wildman–Crippen LogP) is 2.24. The molecule has 1 N–H and O–H groups in total. The van der Waals surface area contributed by atoms with E-state index in [2.05, 4.69) is 6.07 Å². The molecule has 1 aromatic rings. The highest BCUT2D eigenvalue weighted by atomic mass is 16.5. The first-order valence-corrected chi connectivity index (χ1v) is 3.92. The molecule has 0 amide bonds. The number of benzene rings is 1. The topological polar surface area (TPSA) is 33.1 Å². The molecular weight excluding hydrogens is 150 g/mol. The van der Waals surface area contributed by atoms with Gasteiger partial charge in [0.1, 0.15) is 0 Å². The van der Waals surface area contributed by atoms with Crippen molar-refractivity contribution < 1.29 is 4.74 Å². The lowest BCUT2D eigenvalue weighted by atomic mass is 10.2. The van der Waals surface area contributed by atoms with E-state index >= 15 is 0 Å². The summed E-state index contributed by atoms with van der Waals surface area (Å²) in [5.41, 5.74) is 0.770. The van der Waals surface area contributed by atoms with Gasteiger partial charge in [0.05, 0.1) is 6.10 Å². The van der Waals surface area contributed by atoms with Crippen LogP contribution in [-0.4, -0.2) is 12.0 Å². The van der Waals surface area contributed by atoms with Crippen molar-refractivity contribution in [3.8, 4) is 0 Å². The van der Waals surface area contributed by atoms with Gasteiger partial charge in [-0.15, -0.1) is 0 Å². The van der Waals surface area contributed by atoms with Gasteiger partial charge in [-0.25, -0.2) is 0 Å². The van der Waals surface area contributed by atoms with E-state index in [1.807, 2.05) is 26.0 Å². The van der Waals surface area contributed by atoms with Gasteiger partial charge < -0.3 is 4.74 Å². The first-order chi connectivity index (χ1) is 5.70. The Morgan fingerprint density at radius 1 is 1.58 bits per heavy atom. The standard InChI is InChI=1S/C10H12NO/c1-8(2)12-10(11)9-6-4-3-5-7-9/h3-4,6-8,11H,1-2H3. The minimum Gasteiger partial charge on any atom is -0.475 e. The summed E-state index contributed by atoms with van der Waals surface area (Å²) in [7, 11) is 0. The van der Waals surface area contributed by atoms with Crippen molar-refractivity contribution in [2.45, 2.75) is 20.0 Å². The number of ether oxygens (including phenoxy) is 1. The second-order valence-corrected chi connectivity index (χ2v) is 2.79. The van der Waals surface area contributed by atoms with E-state index in [1.54, 1.807) is 12.1 Å². The molecule has 1 radical (unpaired) electrons. The Morgan fingerprint density at radius 3 is 2.83 bits per heavy atom. The van der Waals surface area contributed by atoms with Crippen LogP contribution in [0.4, 0.5) is 0 Å². The van der Waals surface area contributed by atoms with Crippen LogP contribution in [0.3, 0.4) is 0 Å². The third-order valence-corrected chi connectivity index (χ3v) is 1.32. The van der Waals surface area contributed by atoms with Gasteiger partial charge in [0.15, 0.2) is 0 Å². The molecule has 12 heavy (non-hydrogen) atoms. The highest BCUT2D eigenvalue weighted by Gasteiger charge is 2.02. The van der Waals surface area contributed by atoms with Crippen LogP contribution in [0.2, 0.25) is 0 Å². The molecule has 0 aliphatic rings. The van der Waals surface area contributed by atoms with E-state index in [0.717, 1.165) is 5.56 Å². The molecule has 2 heteroatoms. The normalized spacial score (nSPS) is 9.92. The van der Waals surface area contributed by atoms with Crippen LogP contribution in [0.5, 0.6) is 0 Å². The SMILES string of the molecule is CC(C)OC(=N)c1c[c]ccc1. The van der Waals surface area contributed by atoms with Crippen molar-refractivity contribution in [1.29, 1.82) is 5.41 Å². The molecule has 0 fully saturated rings. The molecule has 1 rings (SSSR count). The minimum atomic E-state index is 0.0534. The molecule has 0 atom stereocenters. The molecule has 0 saturated carbocycles. The van der Waals surface area contributed by atoms with Crippen LogP contribution in [0.15, 0.2) is 24.3 Å². The summed E-state index contributed by atoms with van der Waals surface area (Å²) in [5, 5.41) is 7.52. The van der Waals surface area contributed by atoms with E-state index in [9.17, 15) is 0 Å². The predicted molar refractivity (Wildman–Crippen MR) is 48.3 cm³/mol. The van der Waals surface area contributed by atoms with Gasteiger partial charge in [-0.3, -0.25) is 5.41 Å². The van der Waals surface area contributed by atoms with E-state index in [-0.39, 0.29) is 12.0 Å². The first kappa shape index (κ1) is 8.78. The first-order valence-electron chi connectivity index (χ1n) is 3.92. The van der Waals surface area contributed by atoms with Crippen LogP contribution >= 0.6 is 0 Å². The number of hydrogen-bond acceptors (Lipinski definition) is 2. The fourth-order valence-electron chi connectivity index (χ4n) is 0.838. The Hall–Kier alpha value is -1.31. The maximum Gasteiger partial charge on any atom is 0.213 e. The van der Waals surface area contributed by atoms with Crippen LogP contribution in [0, 0.1) is 11.5 Å². The molecule has 0 spiro atoms. The smallest absolute Gasteiger partial charge is 0.213 e. The second kappa shape index (κ2) is 3.90. The molecular formula is C10H12NO. The van der Waals surface area contributed by atoms with E-state index in [4.69, 9.17) is 10.1 Å². The molecule has 0 heterocycles. The van der Waals surface area contributed by atoms with Gasteiger partial charge in [-0.1, -0.05) is 12.1 Å². The third-order valence-electron chi connectivity index (χ3n) is 1.32. The Balaban J connectivity index is 2.66. The number of rotatable bonds is 2. The van der Waals surface area contributed by atoms with Crippen LogP contribution in [-0.2, 0) is 4.74 Å². The maximum atomic E-state index is 7.52. The lowest BCUT2D eigenvalue weighted by Crippen LogP contribution is -2.11. The minimum absolute atomic E-state index is 0.0534. The highest BCUT2D eigenvalue weighted by Crippen LogP contribution is 2.02. The van der Waals surface area contributed by atoms with Crippen LogP contribution in [0.1, 0.15) is 19.4 Å². The highest BCUT2D eigenvalue weighted by molar-refractivity contribution is 5.91. The van der Waals surface area contributed by atoms with Gasteiger partial charge in [0.2, 0.25) is 5.90 Å². The number of hydrogen-bond donors (Lipinski definition) is 1. The Kier molecular flexibility index (Phi) is 2.86. The molecule has 0 bridgehead atoms. The van der Waals surface area contributed by atoms with Crippen LogP contribution < -0.4 is 0 Å².